The fourth-order valence-electron chi connectivity index (χ4n) is 2.91. The van der Waals surface area contributed by atoms with Crippen molar-refractivity contribution in [3.8, 4) is 0 Å². The molecular formula is C17H24FN5S. The molecule has 3 rings (SSSR count). The van der Waals surface area contributed by atoms with Gasteiger partial charge in [0.2, 0.25) is 0 Å². The summed E-state index contributed by atoms with van der Waals surface area (Å²) in [7, 11) is 0. The van der Waals surface area contributed by atoms with Crippen molar-refractivity contribution in [2.24, 2.45) is 0 Å². The van der Waals surface area contributed by atoms with E-state index in [9.17, 15) is 4.39 Å². The van der Waals surface area contributed by atoms with Gasteiger partial charge in [0.1, 0.15) is 11.3 Å². The van der Waals surface area contributed by atoms with Crippen LogP contribution in [0.4, 0.5) is 10.2 Å². The minimum Gasteiger partial charge on any atom is -0.352 e. The molecule has 0 radical (unpaired) electrons. The summed E-state index contributed by atoms with van der Waals surface area (Å²) < 4.78 is 14.6. The minimum absolute atomic E-state index is 0.0596. The number of piperazine rings is 1. The largest absolute Gasteiger partial charge is 0.352 e. The number of halogens is 1. The van der Waals surface area contributed by atoms with Crippen molar-refractivity contribution < 1.29 is 4.39 Å². The van der Waals surface area contributed by atoms with Gasteiger partial charge >= 0.3 is 0 Å². The topological polar surface area (TPSA) is 45.2 Å². The summed E-state index contributed by atoms with van der Waals surface area (Å²) in [6.07, 6.45) is 1.47. The molecule has 1 fully saturated rings. The van der Waals surface area contributed by atoms with E-state index in [1.54, 1.807) is 11.3 Å². The third-order valence-corrected chi connectivity index (χ3v) is 5.51. The molecular weight excluding hydrogens is 325 g/mol. The van der Waals surface area contributed by atoms with E-state index in [4.69, 9.17) is 0 Å². The van der Waals surface area contributed by atoms with E-state index >= 15 is 0 Å². The second-order valence-electron chi connectivity index (χ2n) is 6.56. The number of aromatic nitrogens is 3. The van der Waals surface area contributed by atoms with E-state index in [1.807, 2.05) is 18.7 Å². The monoisotopic (exact) mass is 349 g/mol. The second-order valence-corrected chi connectivity index (χ2v) is 7.85. The molecule has 1 aliphatic heterocycles. The predicted octanol–water partition coefficient (Wildman–Crippen LogP) is 3.13. The van der Waals surface area contributed by atoms with Gasteiger partial charge in [-0.25, -0.2) is 19.3 Å². The highest BCUT2D eigenvalue weighted by Gasteiger charge is 2.23. The van der Waals surface area contributed by atoms with Crippen molar-refractivity contribution in [2.75, 3.05) is 31.1 Å². The summed E-state index contributed by atoms with van der Waals surface area (Å²) in [5.74, 6) is 0.228. The van der Waals surface area contributed by atoms with E-state index in [-0.39, 0.29) is 11.7 Å². The van der Waals surface area contributed by atoms with Gasteiger partial charge in [-0.1, -0.05) is 13.8 Å². The quantitative estimate of drug-likeness (QED) is 0.848. The normalized spacial score (nSPS) is 16.2. The third kappa shape index (κ3) is 3.57. The smallest absolute Gasteiger partial charge is 0.187 e. The molecule has 130 valence electrons. The van der Waals surface area contributed by atoms with Gasteiger partial charge in [0.25, 0.3) is 0 Å². The van der Waals surface area contributed by atoms with Crippen LogP contribution in [0.2, 0.25) is 0 Å². The van der Waals surface area contributed by atoms with Crippen molar-refractivity contribution >= 4 is 17.2 Å². The van der Waals surface area contributed by atoms with Gasteiger partial charge in [0.15, 0.2) is 11.6 Å². The molecule has 0 unspecified atom stereocenters. The highest BCUT2D eigenvalue weighted by atomic mass is 32.1. The molecule has 0 amide bonds. The minimum atomic E-state index is -0.271. The Morgan fingerprint density at radius 1 is 1.17 bits per heavy atom. The zero-order valence-electron chi connectivity index (χ0n) is 14.7. The lowest BCUT2D eigenvalue weighted by atomic mass is 10.1. The van der Waals surface area contributed by atoms with Gasteiger partial charge in [-0.15, -0.1) is 11.3 Å². The molecule has 7 heteroatoms. The van der Waals surface area contributed by atoms with Gasteiger partial charge in [-0.2, -0.15) is 0 Å². The molecule has 3 heterocycles. The van der Waals surface area contributed by atoms with Crippen LogP contribution in [0.25, 0.3) is 0 Å². The Balaban J connectivity index is 1.64. The molecule has 5 nitrogen and oxygen atoms in total. The van der Waals surface area contributed by atoms with Gasteiger partial charge in [-0.3, -0.25) is 4.90 Å². The van der Waals surface area contributed by atoms with Crippen LogP contribution in [-0.4, -0.2) is 46.0 Å². The Morgan fingerprint density at radius 2 is 1.88 bits per heavy atom. The molecule has 2 aromatic heterocycles. The molecule has 0 spiro atoms. The van der Waals surface area contributed by atoms with Crippen molar-refractivity contribution in [2.45, 2.75) is 40.2 Å². The summed E-state index contributed by atoms with van der Waals surface area (Å²) in [6, 6.07) is 0. The fourth-order valence-corrected chi connectivity index (χ4v) is 3.89. The van der Waals surface area contributed by atoms with Crippen molar-refractivity contribution in [3.05, 3.63) is 33.4 Å². The Kier molecular flexibility index (Phi) is 5.10. The maximum atomic E-state index is 14.6. The SMILES string of the molecule is Cc1nc(CN2CCN(c3ncnc(C(C)C)c3F)CC2)sc1C. The Morgan fingerprint density at radius 3 is 2.46 bits per heavy atom. The first-order valence-electron chi connectivity index (χ1n) is 8.36. The molecule has 0 saturated carbocycles. The number of rotatable bonds is 4. The first-order chi connectivity index (χ1) is 11.5. The molecule has 1 saturated heterocycles. The zero-order chi connectivity index (χ0) is 17.3. The maximum Gasteiger partial charge on any atom is 0.187 e. The molecule has 24 heavy (non-hydrogen) atoms. The third-order valence-electron chi connectivity index (χ3n) is 4.45. The van der Waals surface area contributed by atoms with Crippen LogP contribution in [0.5, 0.6) is 0 Å². The van der Waals surface area contributed by atoms with Crippen LogP contribution < -0.4 is 4.90 Å². The van der Waals surface area contributed by atoms with Crippen LogP contribution in [0.1, 0.15) is 41.0 Å². The summed E-state index contributed by atoms with van der Waals surface area (Å²) >= 11 is 1.77. The fraction of sp³-hybridized carbons (Fsp3) is 0.588. The molecule has 0 atom stereocenters. The number of hydrogen-bond donors (Lipinski definition) is 0. The Bertz CT molecular complexity index is 688. The Labute approximate surface area is 146 Å². The lowest BCUT2D eigenvalue weighted by Gasteiger charge is -2.35. The van der Waals surface area contributed by atoms with Crippen LogP contribution in [0.15, 0.2) is 6.33 Å². The van der Waals surface area contributed by atoms with E-state index in [0.717, 1.165) is 43.4 Å². The highest BCUT2D eigenvalue weighted by Crippen LogP contribution is 2.24. The zero-order valence-corrected chi connectivity index (χ0v) is 15.5. The standard InChI is InChI=1S/C17H24FN5S/c1-11(2)16-15(18)17(20-10-19-16)23-7-5-22(6-8-23)9-14-21-12(3)13(4)24-14/h10-11H,5-9H2,1-4H3. The number of hydrogen-bond acceptors (Lipinski definition) is 6. The van der Waals surface area contributed by atoms with Crippen LogP contribution in [-0.2, 0) is 6.54 Å². The predicted molar refractivity (Wildman–Crippen MR) is 95.2 cm³/mol. The second kappa shape index (κ2) is 7.11. The molecule has 0 bridgehead atoms. The van der Waals surface area contributed by atoms with Crippen LogP contribution >= 0.6 is 11.3 Å². The lowest BCUT2D eigenvalue weighted by molar-refractivity contribution is 0.248. The first kappa shape index (κ1) is 17.2. The molecule has 0 aliphatic carbocycles. The lowest BCUT2D eigenvalue weighted by Crippen LogP contribution is -2.46. The van der Waals surface area contributed by atoms with Gasteiger partial charge in [0.05, 0.1) is 17.9 Å². The average Bonchev–Trinajstić information content (AvgIpc) is 2.86. The molecule has 0 N–H and O–H groups in total. The van der Waals surface area contributed by atoms with Gasteiger partial charge in [0, 0.05) is 31.1 Å². The van der Waals surface area contributed by atoms with E-state index < -0.39 is 0 Å². The van der Waals surface area contributed by atoms with Crippen LogP contribution in [0, 0.1) is 19.7 Å². The number of anilines is 1. The van der Waals surface area contributed by atoms with Crippen molar-refractivity contribution in [1.29, 1.82) is 0 Å². The van der Waals surface area contributed by atoms with E-state index in [1.165, 1.54) is 11.2 Å². The number of aryl methyl sites for hydroxylation is 2. The molecule has 2 aromatic rings. The summed E-state index contributed by atoms with van der Waals surface area (Å²) in [5.41, 5.74) is 1.62. The number of nitrogens with zero attached hydrogens (tertiary/aromatic N) is 5. The molecule has 1 aliphatic rings. The van der Waals surface area contributed by atoms with Gasteiger partial charge < -0.3 is 4.90 Å². The molecule has 0 aromatic carbocycles. The Hall–Kier alpha value is -1.60. The summed E-state index contributed by atoms with van der Waals surface area (Å²) in [4.78, 5) is 18.6. The highest BCUT2D eigenvalue weighted by molar-refractivity contribution is 7.11. The van der Waals surface area contributed by atoms with Crippen molar-refractivity contribution in [3.63, 3.8) is 0 Å². The number of thiazole rings is 1. The summed E-state index contributed by atoms with van der Waals surface area (Å²) in [5, 5.41) is 1.16. The first-order valence-corrected chi connectivity index (χ1v) is 9.18. The average molecular weight is 349 g/mol. The summed E-state index contributed by atoms with van der Waals surface area (Å²) in [6.45, 7) is 12.3. The maximum absolute atomic E-state index is 14.6. The van der Waals surface area contributed by atoms with E-state index in [0.29, 0.717) is 11.5 Å². The van der Waals surface area contributed by atoms with Crippen LogP contribution in [0.3, 0.4) is 0 Å². The van der Waals surface area contributed by atoms with Gasteiger partial charge in [-0.05, 0) is 19.8 Å². The van der Waals surface area contributed by atoms with E-state index in [2.05, 4.69) is 33.7 Å². The van der Waals surface area contributed by atoms with Crippen molar-refractivity contribution in [1.82, 2.24) is 19.9 Å².